The van der Waals surface area contributed by atoms with Crippen LogP contribution in [0, 0.1) is 6.92 Å². The summed E-state index contributed by atoms with van der Waals surface area (Å²) in [7, 11) is 2.53. The molecule has 0 saturated carbocycles. The van der Waals surface area contributed by atoms with Crippen molar-refractivity contribution in [2.75, 3.05) is 37.5 Å². The molecule has 152 valence electrons. The number of carbonyl (C=O) groups is 3. The standard InChI is InChI=1S/C22H24N2O5/c1-14-6-9-19-15(11-14)5-4-10-24(19)13-20(25)23-18-12-16(21(26)28-2)7-8-17(18)22(27)29-3/h6-9,11-12H,4-5,10,13H2,1-3H3,(H,23,25). The second-order valence-electron chi connectivity index (χ2n) is 6.95. The van der Waals surface area contributed by atoms with Gasteiger partial charge in [0.1, 0.15) is 0 Å². The third kappa shape index (κ3) is 4.56. The molecule has 1 aliphatic heterocycles. The lowest BCUT2D eigenvalue weighted by molar-refractivity contribution is -0.115. The van der Waals surface area contributed by atoms with Gasteiger partial charge in [-0.2, -0.15) is 0 Å². The van der Waals surface area contributed by atoms with E-state index in [0.29, 0.717) is 0 Å². The largest absolute Gasteiger partial charge is 0.465 e. The van der Waals surface area contributed by atoms with E-state index in [9.17, 15) is 14.4 Å². The Morgan fingerprint density at radius 2 is 1.79 bits per heavy atom. The Kier molecular flexibility index (Phi) is 6.16. The summed E-state index contributed by atoms with van der Waals surface area (Å²) in [4.78, 5) is 38.6. The Balaban J connectivity index is 1.82. The summed E-state index contributed by atoms with van der Waals surface area (Å²) in [5.74, 6) is -1.45. The van der Waals surface area contributed by atoms with E-state index in [1.165, 1.54) is 43.5 Å². The van der Waals surface area contributed by atoms with E-state index in [4.69, 9.17) is 9.47 Å². The molecule has 0 radical (unpaired) electrons. The van der Waals surface area contributed by atoms with Crippen molar-refractivity contribution in [3.05, 3.63) is 58.7 Å². The Labute approximate surface area is 169 Å². The number of nitrogens with one attached hydrogen (secondary N) is 1. The summed E-state index contributed by atoms with van der Waals surface area (Å²) in [6, 6.07) is 10.5. The summed E-state index contributed by atoms with van der Waals surface area (Å²) in [5.41, 5.74) is 4.08. The molecule has 0 saturated heterocycles. The molecule has 0 unspecified atom stereocenters. The van der Waals surface area contributed by atoms with Crippen molar-refractivity contribution >= 4 is 29.2 Å². The van der Waals surface area contributed by atoms with Crippen LogP contribution in [-0.2, 0) is 20.7 Å². The highest BCUT2D eigenvalue weighted by atomic mass is 16.5. The molecule has 1 amide bonds. The number of ether oxygens (including phenoxy) is 2. The number of nitrogens with zero attached hydrogens (tertiary/aromatic N) is 1. The van der Waals surface area contributed by atoms with Gasteiger partial charge in [-0.25, -0.2) is 9.59 Å². The van der Waals surface area contributed by atoms with Crippen LogP contribution in [0.3, 0.4) is 0 Å². The minimum atomic E-state index is -0.601. The lowest BCUT2D eigenvalue weighted by Gasteiger charge is -2.31. The molecule has 0 bridgehead atoms. The highest BCUT2D eigenvalue weighted by Gasteiger charge is 2.21. The van der Waals surface area contributed by atoms with Gasteiger partial charge >= 0.3 is 11.9 Å². The summed E-state index contributed by atoms with van der Waals surface area (Å²) >= 11 is 0. The fourth-order valence-electron chi connectivity index (χ4n) is 3.51. The predicted molar refractivity (Wildman–Crippen MR) is 109 cm³/mol. The molecule has 7 nitrogen and oxygen atoms in total. The van der Waals surface area contributed by atoms with Gasteiger partial charge in [0, 0.05) is 12.2 Å². The van der Waals surface area contributed by atoms with Crippen molar-refractivity contribution in [1.82, 2.24) is 0 Å². The molecule has 2 aromatic rings. The SMILES string of the molecule is COC(=O)c1ccc(C(=O)OC)c(NC(=O)CN2CCCc3cc(C)ccc32)c1. The number of hydrogen-bond donors (Lipinski definition) is 1. The number of fused-ring (bicyclic) bond motifs is 1. The van der Waals surface area contributed by atoms with Gasteiger partial charge < -0.3 is 19.7 Å². The van der Waals surface area contributed by atoms with Crippen LogP contribution in [0.1, 0.15) is 38.3 Å². The van der Waals surface area contributed by atoms with Gasteiger partial charge in [0.05, 0.1) is 37.6 Å². The zero-order valence-corrected chi connectivity index (χ0v) is 16.8. The highest BCUT2D eigenvalue weighted by Crippen LogP contribution is 2.28. The predicted octanol–water partition coefficient (Wildman–Crippen LogP) is 2.96. The molecule has 3 rings (SSSR count). The van der Waals surface area contributed by atoms with E-state index in [1.54, 1.807) is 0 Å². The molecule has 1 N–H and O–H groups in total. The lowest BCUT2D eigenvalue weighted by Crippen LogP contribution is -2.37. The Bertz CT molecular complexity index is 954. The van der Waals surface area contributed by atoms with Gasteiger partial charge in [-0.15, -0.1) is 0 Å². The van der Waals surface area contributed by atoms with Crippen LogP contribution < -0.4 is 10.2 Å². The molecule has 2 aromatic carbocycles. The Morgan fingerprint density at radius 1 is 1.03 bits per heavy atom. The Morgan fingerprint density at radius 3 is 2.52 bits per heavy atom. The second kappa shape index (κ2) is 8.77. The Hall–Kier alpha value is -3.35. The van der Waals surface area contributed by atoms with Gasteiger partial charge in [-0.05, 0) is 49.6 Å². The maximum Gasteiger partial charge on any atom is 0.339 e. The molecule has 0 fully saturated rings. The average molecular weight is 396 g/mol. The molecule has 0 aromatic heterocycles. The molecule has 7 heteroatoms. The number of hydrogen-bond acceptors (Lipinski definition) is 6. The van der Waals surface area contributed by atoms with Crippen molar-refractivity contribution in [2.24, 2.45) is 0 Å². The van der Waals surface area contributed by atoms with Crippen molar-refractivity contribution < 1.29 is 23.9 Å². The first-order valence-electron chi connectivity index (χ1n) is 9.38. The van der Waals surface area contributed by atoms with E-state index < -0.39 is 11.9 Å². The van der Waals surface area contributed by atoms with Crippen LogP contribution >= 0.6 is 0 Å². The summed E-state index contributed by atoms with van der Waals surface area (Å²) in [6.07, 6.45) is 1.96. The summed E-state index contributed by atoms with van der Waals surface area (Å²) < 4.78 is 9.49. The van der Waals surface area contributed by atoms with Gasteiger partial charge in [-0.3, -0.25) is 4.79 Å². The third-order valence-corrected chi connectivity index (χ3v) is 4.90. The van der Waals surface area contributed by atoms with Crippen LogP contribution in [0.25, 0.3) is 0 Å². The van der Waals surface area contributed by atoms with E-state index >= 15 is 0 Å². The monoisotopic (exact) mass is 396 g/mol. The average Bonchev–Trinajstić information content (AvgIpc) is 2.72. The van der Waals surface area contributed by atoms with Crippen molar-refractivity contribution in [1.29, 1.82) is 0 Å². The number of amides is 1. The highest BCUT2D eigenvalue weighted by molar-refractivity contribution is 6.04. The smallest absolute Gasteiger partial charge is 0.339 e. The van der Waals surface area contributed by atoms with E-state index in [-0.39, 0.29) is 29.3 Å². The zero-order valence-electron chi connectivity index (χ0n) is 16.8. The lowest BCUT2D eigenvalue weighted by atomic mass is 9.99. The molecule has 0 spiro atoms. The van der Waals surface area contributed by atoms with E-state index in [2.05, 4.69) is 18.3 Å². The fraction of sp³-hybridized carbons (Fsp3) is 0.318. The third-order valence-electron chi connectivity index (χ3n) is 4.90. The number of esters is 2. The fourth-order valence-corrected chi connectivity index (χ4v) is 3.51. The van der Waals surface area contributed by atoms with Crippen LogP contribution in [0.4, 0.5) is 11.4 Å². The van der Waals surface area contributed by atoms with Gasteiger partial charge in [0.2, 0.25) is 5.91 Å². The van der Waals surface area contributed by atoms with Crippen molar-refractivity contribution in [3.8, 4) is 0 Å². The first kappa shape index (κ1) is 20.4. The number of carbonyl (C=O) groups excluding carboxylic acids is 3. The molecule has 0 atom stereocenters. The van der Waals surface area contributed by atoms with E-state index in [1.807, 2.05) is 17.0 Å². The van der Waals surface area contributed by atoms with Crippen LogP contribution in [0.2, 0.25) is 0 Å². The first-order valence-corrected chi connectivity index (χ1v) is 9.38. The minimum Gasteiger partial charge on any atom is -0.465 e. The maximum absolute atomic E-state index is 12.8. The summed E-state index contributed by atoms with van der Waals surface area (Å²) in [6.45, 7) is 2.96. The zero-order chi connectivity index (χ0) is 21.0. The number of aryl methyl sites for hydroxylation is 2. The molecule has 1 heterocycles. The van der Waals surface area contributed by atoms with Crippen molar-refractivity contribution in [2.45, 2.75) is 19.8 Å². The second-order valence-corrected chi connectivity index (χ2v) is 6.95. The van der Waals surface area contributed by atoms with Crippen LogP contribution in [-0.4, -0.2) is 45.2 Å². The van der Waals surface area contributed by atoms with Crippen LogP contribution in [0.15, 0.2) is 36.4 Å². The van der Waals surface area contributed by atoms with Gasteiger partial charge in [-0.1, -0.05) is 17.7 Å². The molecular weight excluding hydrogens is 372 g/mol. The number of methoxy groups -OCH3 is 2. The summed E-state index contributed by atoms with van der Waals surface area (Å²) in [5, 5.41) is 2.75. The van der Waals surface area contributed by atoms with Gasteiger partial charge in [0.25, 0.3) is 0 Å². The first-order chi connectivity index (χ1) is 13.9. The molecular formula is C22H24N2O5. The molecule has 29 heavy (non-hydrogen) atoms. The normalized spacial score (nSPS) is 12.7. The topological polar surface area (TPSA) is 84.9 Å². The quantitative estimate of drug-likeness (QED) is 0.782. The molecule has 0 aliphatic carbocycles. The number of anilines is 2. The number of rotatable bonds is 5. The minimum absolute atomic E-state index is 0.138. The molecule has 1 aliphatic rings. The van der Waals surface area contributed by atoms with Crippen LogP contribution in [0.5, 0.6) is 0 Å². The van der Waals surface area contributed by atoms with E-state index in [0.717, 1.165) is 25.1 Å². The maximum atomic E-state index is 12.8. The number of benzene rings is 2. The van der Waals surface area contributed by atoms with Gasteiger partial charge in [0.15, 0.2) is 0 Å². The van der Waals surface area contributed by atoms with Crippen molar-refractivity contribution in [3.63, 3.8) is 0 Å².